The van der Waals surface area contributed by atoms with E-state index in [2.05, 4.69) is 16.3 Å². The molecule has 0 bridgehead atoms. The van der Waals surface area contributed by atoms with Crippen molar-refractivity contribution in [3.05, 3.63) is 136 Å². The molecule has 26 heteroatoms. The van der Waals surface area contributed by atoms with E-state index in [1.54, 1.807) is 24.1 Å². The molecule has 5 aromatic rings. The van der Waals surface area contributed by atoms with E-state index < -0.39 is 65.6 Å². The van der Waals surface area contributed by atoms with Crippen LogP contribution in [0.3, 0.4) is 0 Å². The van der Waals surface area contributed by atoms with Crippen LogP contribution < -0.4 is 34.2 Å². The predicted octanol–water partition coefficient (Wildman–Crippen LogP) is 7.99. The molecule has 2 N–H and O–H groups in total. The van der Waals surface area contributed by atoms with E-state index in [-0.39, 0.29) is 85.4 Å². The van der Waals surface area contributed by atoms with Gasteiger partial charge in [-0.05, 0) is 135 Å². The van der Waals surface area contributed by atoms with Crippen molar-refractivity contribution >= 4 is 93.9 Å². The number of hydroxylamine groups is 2. The summed E-state index contributed by atoms with van der Waals surface area (Å²) in [6, 6.07) is 27.0. The number of hydrogen-bond acceptors (Lipinski definition) is 20. The zero-order valence-electron chi connectivity index (χ0n) is 51.1. The molecule has 90 heavy (non-hydrogen) atoms. The van der Waals surface area contributed by atoms with E-state index in [0.717, 1.165) is 52.7 Å². The Bertz CT molecular complexity index is 3760. The first-order valence-electron chi connectivity index (χ1n) is 29.7. The summed E-state index contributed by atoms with van der Waals surface area (Å²) >= 11 is 0. The van der Waals surface area contributed by atoms with Crippen LogP contribution in [-0.2, 0) is 85.9 Å². The highest BCUT2D eigenvalue weighted by atomic mass is 33.1. The molecule has 0 spiro atoms. The lowest BCUT2D eigenvalue weighted by Crippen LogP contribution is -2.48. The number of ether oxygens (including phenoxy) is 6. The maximum Gasteiger partial charge on any atom is 0.351 e. The summed E-state index contributed by atoms with van der Waals surface area (Å²) in [5.74, 6) is -2.43. The van der Waals surface area contributed by atoms with Gasteiger partial charge in [0.1, 0.15) is 19.0 Å². The number of carbonyl (C=O) groups excluding carboxylic acids is 5. The van der Waals surface area contributed by atoms with Crippen LogP contribution in [0.4, 0.5) is 22.7 Å². The number of fused-ring (bicyclic) bond motifs is 8. The Labute approximate surface area is 532 Å². The molecule has 0 saturated carbocycles. The van der Waals surface area contributed by atoms with Crippen LogP contribution >= 0.6 is 21.6 Å². The van der Waals surface area contributed by atoms with Gasteiger partial charge in [-0.1, -0.05) is 58.0 Å². The molecular weight excluding hydrogens is 1240 g/mol. The Morgan fingerprint density at radius 2 is 1.38 bits per heavy atom. The van der Waals surface area contributed by atoms with E-state index in [1.807, 2.05) is 98.5 Å². The Morgan fingerprint density at radius 1 is 0.744 bits per heavy atom. The highest BCUT2D eigenvalue weighted by Crippen LogP contribution is 2.44. The van der Waals surface area contributed by atoms with Crippen LogP contribution in [-0.4, -0.2) is 162 Å². The largest absolute Gasteiger partial charge is 0.493 e. The fourth-order valence-corrected chi connectivity index (χ4v) is 16.6. The maximum atomic E-state index is 14.6. The molecule has 22 nitrogen and oxygen atoms in total. The lowest BCUT2D eigenvalue weighted by molar-refractivity contribution is -0.197. The summed E-state index contributed by atoms with van der Waals surface area (Å²) in [5, 5.41) is 2.01. The van der Waals surface area contributed by atoms with Crippen molar-refractivity contribution in [1.82, 2.24) is 5.06 Å². The first-order valence-corrected chi connectivity index (χ1v) is 35.6. The summed E-state index contributed by atoms with van der Waals surface area (Å²) in [6.45, 7) is 8.64. The molecule has 10 rings (SSSR count). The van der Waals surface area contributed by atoms with Gasteiger partial charge in [0.05, 0.1) is 69.2 Å². The molecule has 2 unspecified atom stereocenters. The first kappa shape index (κ1) is 66.0. The number of benzene rings is 5. The quantitative estimate of drug-likeness (QED) is 0.0199. The van der Waals surface area contributed by atoms with Crippen LogP contribution in [0.5, 0.6) is 17.2 Å². The van der Waals surface area contributed by atoms with Gasteiger partial charge in [-0.3, -0.25) is 23.7 Å². The minimum Gasteiger partial charge on any atom is -0.493 e. The Hall–Kier alpha value is -6.91. The molecule has 0 aliphatic carbocycles. The van der Waals surface area contributed by atoms with E-state index in [0.29, 0.717) is 80.0 Å². The minimum absolute atomic E-state index is 0.0302. The Balaban J connectivity index is 0.939. The van der Waals surface area contributed by atoms with Crippen molar-refractivity contribution in [2.75, 3.05) is 98.1 Å². The van der Waals surface area contributed by atoms with Crippen molar-refractivity contribution in [2.24, 2.45) is 0 Å². The topological polar surface area (TPSA) is 263 Å². The van der Waals surface area contributed by atoms with Gasteiger partial charge in [0, 0.05) is 84.5 Å². The van der Waals surface area contributed by atoms with Gasteiger partial charge in [-0.15, -0.1) is 5.06 Å². The molecule has 0 radical (unpaired) electrons. The lowest BCUT2D eigenvalue weighted by atomic mass is 9.98. The number of nitrogens with zero attached hydrogens (tertiary/aromatic N) is 4. The van der Waals surface area contributed by atoms with Crippen LogP contribution in [0.15, 0.2) is 91.0 Å². The molecule has 1 fully saturated rings. The highest BCUT2D eigenvalue weighted by Gasteiger charge is 2.45. The van der Waals surface area contributed by atoms with Gasteiger partial charge < -0.3 is 53.3 Å². The number of nitrogens with one attached hydrogen (secondary N) is 1. The average molecular weight is 1310 g/mol. The number of aryl methyl sites for hydroxylation is 2. The third kappa shape index (κ3) is 15.5. The SMILES string of the molecule is COCCOCCOCCN(CC(C)(C)SSCCC(C(=O)ON1C(=O)CCC1=O)S(C)(=O)=O)c1cc(COc2cc3c(cc2C)C(=O)N2c4ccccc4C[C@H]2CC3)cc(COc2cc3c(cc2OC)C(=O)N2c4ccccc4C[C@H]2C(CS(=O)(=O)O)N3)c1. The number of para-hydroxylation sites is 2. The van der Waals surface area contributed by atoms with Gasteiger partial charge in [-0.25, -0.2) is 13.2 Å². The van der Waals surface area contributed by atoms with Crippen LogP contribution in [0.25, 0.3) is 0 Å². The number of methoxy groups -OCH3 is 2. The minimum atomic E-state index is -4.52. The second-order valence-electron chi connectivity index (χ2n) is 23.6. The lowest BCUT2D eigenvalue weighted by Gasteiger charge is -2.34. The van der Waals surface area contributed by atoms with Crippen LogP contribution in [0.1, 0.15) is 93.6 Å². The van der Waals surface area contributed by atoms with E-state index in [1.165, 1.54) is 34.3 Å². The molecule has 0 aromatic heterocycles. The number of anilines is 4. The summed E-state index contributed by atoms with van der Waals surface area (Å²) < 4.78 is 96.8. The van der Waals surface area contributed by atoms with Gasteiger partial charge in [0.25, 0.3) is 33.7 Å². The van der Waals surface area contributed by atoms with E-state index in [4.69, 9.17) is 33.3 Å². The molecule has 5 aliphatic rings. The van der Waals surface area contributed by atoms with E-state index in [9.17, 15) is 45.4 Å². The first-order chi connectivity index (χ1) is 43.0. The number of amides is 4. The highest BCUT2D eigenvalue weighted by molar-refractivity contribution is 8.77. The molecule has 4 amide bonds. The van der Waals surface area contributed by atoms with Crippen molar-refractivity contribution in [3.63, 3.8) is 0 Å². The second kappa shape index (κ2) is 28.3. The standard InChI is InChI=1S/C64H75N5O17S4/c1-40-27-48-43(15-16-46-31-44-11-7-9-13-52(44)67(46)61(48)72)33-55(40)84-36-41-28-42(37-85-57-35-50-49(34-56(57)81-5)62(73)68-53-14-10-8-12-45(53)32-54(68)51(65-50)38-90(77,78)79)30-47(29-41)66(20-21-82-24-25-83-23-22-80-4)39-64(2,3)88-87-26-19-58(89(6,75)76)63(74)86-69-59(70)17-18-60(69)71/h7-14,27-30,33-35,46,51,54,58,65H,15-26,31-32,36-39H2,1-6H3,(H,77,78,79)/t46-,51?,54+,58?/m1/s1. The number of rotatable bonds is 29. The van der Waals surface area contributed by atoms with Gasteiger partial charge in [-0.2, -0.15) is 8.42 Å². The summed E-state index contributed by atoms with van der Waals surface area (Å²) in [7, 11) is -2.64. The fourth-order valence-electron chi connectivity index (χ4n) is 12.1. The third-order valence-corrected chi connectivity index (χ3v) is 22.0. The van der Waals surface area contributed by atoms with Crippen molar-refractivity contribution in [3.8, 4) is 17.2 Å². The summed E-state index contributed by atoms with van der Waals surface area (Å²) in [4.78, 5) is 77.3. The normalized spacial score (nSPS) is 18.2. The molecule has 5 heterocycles. The smallest absolute Gasteiger partial charge is 0.351 e. The van der Waals surface area contributed by atoms with Crippen molar-refractivity contribution < 1.29 is 78.6 Å². The zero-order valence-corrected chi connectivity index (χ0v) is 54.4. The summed E-state index contributed by atoms with van der Waals surface area (Å²) in [6.07, 6.45) is 3.10. The predicted molar refractivity (Wildman–Crippen MR) is 343 cm³/mol. The number of imide groups is 1. The van der Waals surface area contributed by atoms with Gasteiger partial charge in [0.2, 0.25) is 0 Å². The molecule has 1 saturated heterocycles. The second-order valence-corrected chi connectivity index (χ2v) is 30.4. The number of sulfone groups is 1. The summed E-state index contributed by atoms with van der Waals surface area (Å²) in [5.41, 5.74) is 8.70. The van der Waals surface area contributed by atoms with Gasteiger partial charge in [0.15, 0.2) is 26.6 Å². The zero-order chi connectivity index (χ0) is 64.1. The number of hydrogen-bond donors (Lipinski definition) is 2. The van der Waals surface area contributed by atoms with Crippen molar-refractivity contribution in [2.45, 2.75) is 107 Å². The molecule has 5 aliphatic heterocycles. The Kier molecular flexibility index (Phi) is 20.8. The van der Waals surface area contributed by atoms with Crippen molar-refractivity contribution in [1.29, 1.82) is 0 Å². The van der Waals surface area contributed by atoms with Crippen LogP contribution in [0.2, 0.25) is 0 Å². The van der Waals surface area contributed by atoms with Gasteiger partial charge >= 0.3 is 5.97 Å². The molecule has 4 atom stereocenters. The monoisotopic (exact) mass is 1310 g/mol. The Morgan fingerprint density at radius 3 is 2.04 bits per heavy atom. The van der Waals surface area contributed by atoms with Crippen LogP contribution in [0, 0.1) is 6.92 Å². The molecule has 5 aromatic carbocycles. The fraction of sp³-hybridized carbons (Fsp3) is 0.453. The molecule has 482 valence electrons. The van der Waals surface area contributed by atoms with E-state index >= 15 is 0 Å². The average Bonchev–Trinajstić information content (AvgIpc) is 1.75. The number of carbonyl (C=O) groups is 5. The maximum absolute atomic E-state index is 14.6. The molecular formula is C64H75N5O17S4. The third-order valence-electron chi connectivity index (χ3n) is 16.4.